The van der Waals surface area contributed by atoms with E-state index >= 15 is 0 Å². The zero-order chi connectivity index (χ0) is 15.5. The van der Waals surface area contributed by atoms with E-state index in [9.17, 15) is 10.1 Å². The minimum absolute atomic E-state index is 0.138. The first-order valence-corrected chi connectivity index (χ1v) is 8.12. The fourth-order valence-electron chi connectivity index (χ4n) is 2.52. The van der Waals surface area contributed by atoms with Crippen molar-refractivity contribution in [2.45, 2.75) is 70.8 Å². The van der Waals surface area contributed by atoms with Crippen LogP contribution in [0.1, 0.15) is 63.9 Å². The molecule has 0 fully saturated rings. The third-order valence-corrected chi connectivity index (χ3v) is 3.82. The maximum Gasteiger partial charge on any atom is 0.269 e. The summed E-state index contributed by atoms with van der Waals surface area (Å²) in [6, 6.07) is 6.87. The molecule has 1 aromatic rings. The van der Waals surface area contributed by atoms with Crippen molar-refractivity contribution in [1.82, 2.24) is 0 Å². The fourth-order valence-corrected chi connectivity index (χ4v) is 2.52. The lowest BCUT2D eigenvalue weighted by Gasteiger charge is -2.11. The molecule has 0 aromatic heterocycles. The van der Waals surface area contributed by atoms with Gasteiger partial charge in [-0.15, -0.1) is 0 Å². The standard InChI is InChI=1S/C17H28N2O2/c1-2-3-4-5-6-7-8-9-16(18)14-15-10-12-17(13-11-15)19(20)21/h10-13,16H,2-9,14,18H2,1H3. The second kappa shape index (κ2) is 10.3. The first kappa shape index (κ1) is 17.6. The van der Waals surface area contributed by atoms with Crippen LogP contribution in [0.3, 0.4) is 0 Å². The molecule has 0 amide bonds. The van der Waals surface area contributed by atoms with Gasteiger partial charge in [0.05, 0.1) is 4.92 Å². The summed E-state index contributed by atoms with van der Waals surface area (Å²) in [7, 11) is 0. The molecule has 21 heavy (non-hydrogen) atoms. The lowest BCUT2D eigenvalue weighted by atomic mass is 10.00. The van der Waals surface area contributed by atoms with Gasteiger partial charge in [-0.05, 0) is 18.4 Å². The van der Waals surface area contributed by atoms with E-state index in [1.54, 1.807) is 12.1 Å². The Morgan fingerprint density at radius 3 is 2.19 bits per heavy atom. The summed E-state index contributed by atoms with van der Waals surface area (Å²) in [5.74, 6) is 0. The Labute approximate surface area is 127 Å². The molecular weight excluding hydrogens is 264 g/mol. The lowest BCUT2D eigenvalue weighted by Crippen LogP contribution is -2.22. The van der Waals surface area contributed by atoms with E-state index in [-0.39, 0.29) is 16.7 Å². The Balaban J connectivity index is 2.15. The smallest absolute Gasteiger partial charge is 0.269 e. The highest BCUT2D eigenvalue weighted by atomic mass is 16.6. The quantitative estimate of drug-likeness (QED) is 0.368. The molecule has 0 saturated heterocycles. The van der Waals surface area contributed by atoms with Gasteiger partial charge in [0.2, 0.25) is 0 Å². The van der Waals surface area contributed by atoms with E-state index in [1.807, 2.05) is 12.1 Å². The van der Waals surface area contributed by atoms with Gasteiger partial charge in [-0.2, -0.15) is 0 Å². The average Bonchev–Trinajstić information content (AvgIpc) is 2.47. The number of benzene rings is 1. The zero-order valence-electron chi connectivity index (χ0n) is 13.1. The molecule has 118 valence electrons. The Hall–Kier alpha value is -1.42. The van der Waals surface area contributed by atoms with Crippen molar-refractivity contribution in [3.8, 4) is 0 Å². The molecule has 4 nitrogen and oxygen atoms in total. The maximum atomic E-state index is 10.6. The van der Waals surface area contributed by atoms with Crippen LogP contribution in [0.2, 0.25) is 0 Å². The fraction of sp³-hybridized carbons (Fsp3) is 0.647. The minimum Gasteiger partial charge on any atom is -0.327 e. The first-order valence-electron chi connectivity index (χ1n) is 8.12. The van der Waals surface area contributed by atoms with Crippen molar-refractivity contribution in [1.29, 1.82) is 0 Å². The van der Waals surface area contributed by atoms with Gasteiger partial charge in [0.1, 0.15) is 0 Å². The van der Waals surface area contributed by atoms with Crippen LogP contribution in [0.4, 0.5) is 5.69 Å². The number of hydrogen-bond donors (Lipinski definition) is 1. The number of nitro groups is 1. The number of nitrogens with two attached hydrogens (primary N) is 1. The van der Waals surface area contributed by atoms with Crippen LogP contribution in [0.25, 0.3) is 0 Å². The van der Waals surface area contributed by atoms with Gasteiger partial charge in [0.15, 0.2) is 0 Å². The molecule has 1 rings (SSSR count). The second-order valence-electron chi connectivity index (χ2n) is 5.80. The summed E-state index contributed by atoms with van der Waals surface area (Å²) in [4.78, 5) is 10.2. The highest BCUT2D eigenvalue weighted by molar-refractivity contribution is 5.33. The van der Waals surface area contributed by atoms with Crippen LogP contribution >= 0.6 is 0 Å². The number of hydrogen-bond acceptors (Lipinski definition) is 3. The number of non-ortho nitro benzene ring substituents is 1. The van der Waals surface area contributed by atoms with Gasteiger partial charge in [0, 0.05) is 18.2 Å². The molecule has 2 N–H and O–H groups in total. The van der Waals surface area contributed by atoms with Crippen LogP contribution in [0, 0.1) is 10.1 Å². The lowest BCUT2D eigenvalue weighted by molar-refractivity contribution is -0.384. The number of nitro benzene ring substituents is 1. The molecule has 0 aliphatic heterocycles. The van der Waals surface area contributed by atoms with Crippen LogP contribution < -0.4 is 5.73 Å². The van der Waals surface area contributed by atoms with Gasteiger partial charge < -0.3 is 5.73 Å². The SMILES string of the molecule is CCCCCCCCCC(N)Cc1ccc([N+](=O)[O-])cc1. The van der Waals surface area contributed by atoms with Crippen LogP contribution in [-0.2, 0) is 6.42 Å². The Morgan fingerprint density at radius 1 is 1.05 bits per heavy atom. The summed E-state index contributed by atoms with van der Waals surface area (Å²) in [6.07, 6.45) is 10.9. The Bertz CT molecular complexity index is 404. The molecule has 0 bridgehead atoms. The normalized spacial score (nSPS) is 12.3. The molecule has 0 aliphatic carbocycles. The zero-order valence-corrected chi connectivity index (χ0v) is 13.1. The number of rotatable bonds is 11. The minimum atomic E-state index is -0.373. The molecule has 0 aliphatic rings. The maximum absolute atomic E-state index is 10.6. The van der Waals surface area contributed by atoms with Crippen LogP contribution in [0.15, 0.2) is 24.3 Å². The van der Waals surface area contributed by atoms with Crippen LogP contribution in [0.5, 0.6) is 0 Å². The van der Waals surface area contributed by atoms with Crippen molar-refractivity contribution in [2.24, 2.45) is 5.73 Å². The van der Waals surface area contributed by atoms with Gasteiger partial charge in [-0.1, -0.05) is 64.0 Å². The number of nitrogens with zero attached hydrogens (tertiary/aromatic N) is 1. The predicted octanol–water partition coefficient (Wildman–Crippen LogP) is 4.61. The highest BCUT2D eigenvalue weighted by Crippen LogP contribution is 2.15. The Kier molecular flexibility index (Phi) is 8.67. The summed E-state index contributed by atoms with van der Waals surface area (Å²) < 4.78 is 0. The summed E-state index contributed by atoms with van der Waals surface area (Å²) in [6.45, 7) is 2.23. The summed E-state index contributed by atoms with van der Waals surface area (Å²) in [5, 5.41) is 10.6. The molecule has 4 heteroatoms. The third kappa shape index (κ3) is 7.81. The third-order valence-electron chi connectivity index (χ3n) is 3.82. The molecule has 1 aromatic carbocycles. The van der Waals surface area contributed by atoms with Crippen molar-refractivity contribution < 1.29 is 4.92 Å². The molecule has 1 atom stereocenters. The number of unbranched alkanes of at least 4 members (excludes halogenated alkanes) is 6. The van der Waals surface area contributed by atoms with Gasteiger partial charge in [-0.25, -0.2) is 0 Å². The van der Waals surface area contributed by atoms with E-state index in [1.165, 1.54) is 44.9 Å². The predicted molar refractivity (Wildman–Crippen MR) is 87.4 cm³/mol. The van der Waals surface area contributed by atoms with Gasteiger partial charge in [-0.3, -0.25) is 10.1 Å². The van der Waals surface area contributed by atoms with Crippen molar-refractivity contribution in [3.63, 3.8) is 0 Å². The molecular formula is C17H28N2O2. The van der Waals surface area contributed by atoms with E-state index in [2.05, 4.69) is 6.92 Å². The molecule has 0 heterocycles. The molecule has 0 spiro atoms. The average molecular weight is 292 g/mol. The second-order valence-corrected chi connectivity index (χ2v) is 5.80. The largest absolute Gasteiger partial charge is 0.327 e. The van der Waals surface area contributed by atoms with E-state index in [0.29, 0.717) is 0 Å². The van der Waals surface area contributed by atoms with Gasteiger partial charge in [0.25, 0.3) is 5.69 Å². The summed E-state index contributed by atoms with van der Waals surface area (Å²) >= 11 is 0. The van der Waals surface area contributed by atoms with Gasteiger partial charge >= 0.3 is 0 Å². The molecule has 0 saturated carbocycles. The van der Waals surface area contributed by atoms with Crippen molar-refractivity contribution >= 4 is 5.69 Å². The van der Waals surface area contributed by atoms with E-state index < -0.39 is 0 Å². The van der Waals surface area contributed by atoms with E-state index in [0.717, 1.165) is 18.4 Å². The molecule has 0 radical (unpaired) electrons. The van der Waals surface area contributed by atoms with Crippen molar-refractivity contribution in [3.05, 3.63) is 39.9 Å². The topological polar surface area (TPSA) is 69.2 Å². The summed E-state index contributed by atoms with van der Waals surface area (Å²) in [5.41, 5.74) is 7.35. The monoisotopic (exact) mass is 292 g/mol. The van der Waals surface area contributed by atoms with Crippen molar-refractivity contribution in [2.75, 3.05) is 0 Å². The Morgan fingerprint density at radius 2 is 1.62 bits per heavy atom. The highest BCUT2D eigenvalue weighted by Gasteiger charge is 2.07. The molecule has 1 unspecified atom stereocenters. The van der Waals surface area contributed by atoms with Crippen LogP contribution in [-0.4, -0.2) is 11.0 Å². The van der Waals surface area contributed by atoms with E-state index in [4.69, 9.17) is 5.73 Å². The first-order chi connectivity index (χ1) is 10.1.